The molecular formula is C50H28N2OS2. The number of fused-ring (bicyclic) bond motifs is 7. The van der Waals surface area contributed by atoms with Gasteiger partial charge >= 0.3 is 0 Å². The third-order valence-electron chi connectivity index (χ3n) is 10.9. The molecule has 0 spiro atoms. The SMILES string of the molecule is c1ccc(-c2cc(-c3cc4sc5ccccc5c4cc3-c3ccccc3)nc(-c3cccc4c3sc3c5ccccc5cc5oc6cccc4c6c53)n2)cc1. The van der Waals surface area contributed by atoms with Crippen LogP contribution in [0.25, 0.3) is 118 Å². The molecule has 0 unspecified atom stereocenters. The van der Waals surface area contributed by atoms with E-state index in [9.17, 15) is 0 Å². The number of hydrogen-bond acceptors (Lipinski definition) is 5. The highest BCUT2D eigenvalue weighted by molar-refractivity contribution is 7.26. The molecule has 0 fully saturated rings. The molecule has 0 radical (unpaired) electrons. The van der Waals surface area contributed by atoms with Crippen LogP contribution in [0.4, 0.5) is 0 Å². The van der Waals surface area contributed by atoms with Crippen LogP contribution in [0.2, 0.25) is 0 Å². The summed E-state index contributed by atoms with van der Waals surface area (Å²) in [6, 6.07) is 60.6. The lowest BCUT2D eigenvalue weighted by Gasteiger charge is -2.14. The van der Waals surface area contributed by atoms with Gasteiger partial charge in [0.1, 0.15) is 11.2 Å². The summed E-state index contributed by atoms with van der Waals surface area (Å²) in [5.74, 6) is 0.700. The van der Waals surface area contributed by atoms with Crippen molar-refractivity contribution in [1.82, 2.24) is 9.97 Å². The molecule has 0 saturated heterocycles. The van der Waals surface area contributed by atoms with E-state index in [1.54, 1.807) is 0 Å². The Hall–Kier alpha value is -6.66. The van der Waals surface area contributed by atoms with Crippen molar-refractivity contribution >= 4 is 95.7 Å². The quantitative estimate of drug-likeness (QED) is 0.181. The molecule has 0 N–H and O–H groups in total. The maximum atomic E-state index is 6.54. The van der Waals surface area contributed by atoms with E-state index in [0.29, 0.717) is 5.82 Å². The molecule has 12 aromatic rings. The Balaban J connectivity index is 1.20. The van der Waals surface area contributed by atoms with E-state index >= 15 is 0 Å². The Morgan fingerprint density at radius 3 is 1.96 bits per heavy atom. The van der Waals surface area contributed by atoms with E-state index in [2.05, 4.69) is 170 Å². The summed E-state index contributed by atoms with van der Waals surface area (Å²) in [6.07, 6.45) is 0. The van der Waals surface area contributed by atoms with E-state index in [1.165, 1.54) is 35.6 Å². The molecule has 0 amide bonds. The standard InChI is InChI=1S/C50H28N2OS2/c1-3-13-29(14-4-1)37-26-39-33-19-9-10-24-44(33)54-45(39)27-38(37)41-28-40(30-15-5-2-6-16-30)51-50(52-41)36-22-11-21-35-34-20-12-23-42-46(34)47-43(53-42)25-31-17-7-8-18-32(31)49(47)55-48(35)36/h1-28H. The second kappa shape index (κ2) is 11.9. The number of furan rings is 1. The van der Waals surface area contributed by atoms with Gasteiger partial charge in [-0.1, -0.05) is 127 Å². The van der Waals surface area contributed by atoms with Crippen molar-refractivity contribution in [3.8, 4) is 45.0 Å². The molecule has 0 atom stereocenters. The summed E-state index contributed by atoms with van der Waals surface area (Å²) in [5.41, 5.74) is 9.04. The number of aromatic nitrogens is 2. The van der Waals surface area contributed by atoms with Crippen molar-refractivity contribution in [2.45, 2.75) is 0 Å². The molecule has 12 rings (SSSR count). The van der Waals surface area contributed by atoms with Crippen LogP contribution in [0.1, 0.15) is 0 Å². The molecule has 3 nitrogen and oxygen atoms in total. The molecule has 8 aromatic carbocycles. The van der Waals surface area contributed by atoms with Gasteiger partial charge in [-0.2, -0.15) is 0 Å². The highest BCUT2D eigenvalue weighted by Crippen LogP contribution is 2.47. The van der Waals surface area contributed by atoms with Gasteiger partial charge in [0.2, 0.25) is 0 Å². The Kier molecular flexibility index (Phi) is 6.67. The number of thiophene rings is 1. The van der Waals surface area contributed by atoms with Crippen LogP contribution < -0.4 is 0 Å². The zero-order valence-corrected chi connectivity index (χ0v) is 30.9. The smallest absolute Gasteiger partial charge is 0.161 e. The third-order valence-corrected chi connectivity index (χ3v) is 13.3. The van der Waals surface area contributed by atoms with Gasteiger partial charge in [0.05, 0.1) is 11.4 Å². The summed E-state index contributed by atoms with van der Waals surface area (Å²) >= 11 is 3.64. The fourth-order valence-corrected chi connectivity index (χ4v) is 10.9. The Labute approximate surface area is 323 Å². The second-order valence-electron chi connectivity index (χ2n) is 14.1. The van der Waals surface area contributed by atoms with Crippen LogP contribution >= 0.6 is 22.7 Å². The van der Waals surface area contributed by atoms with Gasteiger partial charge < -0.3 is 4.42 Å². The first-order valence-electron chi connectivity index (χ1n) is 18.4. The molecular weight excluding hydrogens is 709 g/mol. The molecule has 0 bridgehead atoms. The van der Waals surface area contributed by atoms with Gasteiger partial charge in [0.15, 0.2) is 5.82 Å². The molecule has 4 aromatic heterocycles. The van der Waals surface area contributed by atoms with Gasteiger partial charge in [-0.15, -0.1) is 22.7 Å². The molecule has 5 heteroatoms. The van der Waals surface area contributed by atoms with Crippen molar-refractivity contribution < 1.29 is 4.42 Å². The monoisotopic (exact) mass is 736 g/mol. The first-order chi connectivity index (χ1) is 27.2. The number of nitrogens with zero attached hydrogens (tertiary/aromatic N) is 2. The molecule has 0 aliphatic carbocycles. The maximum absolute atomic E-state index is 6.54. The molecule has 256 valence electrons. The largest absolute Gasteiger partial charge is 0.456 e. The topological polar surface area (TPSA) is 38.9 Å². The average molecular weight is 737 g/mol. The Bertz CT molecular complexity index is 3490. The van der Waals surface area contributed by atoms with E-state index in [-0.39, 0.29) is 0 Å². The van der Waals surface area contributed by atoms with E-state index in [1.807, 2.05) is 22.7 Å². The lowest BCUT2D eigenvalue weighted by molar-refractivity contribution is 0.670. The summed E-state index contributed by atoms with van der Waals surface area (Å²) in [7, 11) is 0. The highest BCUT2D eigenvalue weighted by atomic mass is 32.1. The summed E-state index contributed by atoms with van der Waals surface area (Å²) < 4.78 is 11.4. The van der Waals surface area contributed by atoms with Gasteiger partial charge in [0, 0.05) is 62.4 Å². The van der Waals surface area contributed by atoms with Gasteiger partial charge in [0.25, 0.3) is 0 Å². The van der Waals surface area contributed by atoms with Crippen LogP contribution in [0.15, 0.2) is 174 Å². The first-order valence-corrected chi connectivity index (χ1v) is 20.0. The van der Waals surface area contributed by atoms with E-state index < -0.39 is 0 Å². The summed E-state index contributed by atoms with van der Waals surface area (Å²) in [5, 5.41) is 9.56. The Morgan fingerprint density at radius 1 is 0.382 bits per heavy atom. The summed E-state index contributed by atoms with van der Waals surface area (Å²) in [4.78, 5) is 10.9. The zero-order valence-electron chi connectivity index (χ0n) is 29.3. The van der Waals surface area contributed by atoms with Crippen molar-refractivity contribution in [2.75, 3.05) is 0 Å². The maximum Gasteiger partial charge on any atom is 0.161 e. The second-order valence-corrected chi connectivity index (χ2v) is 16.2. The van der Waals surface area contributed by atoms with Crippen LogP contribution in [0, 0.1) is 0 Å². The minimum Gasteiger partial charge on any atom is -0.456 e. The van der Waals surface area contributed by atoms with Crippen LogP contribution in [-0.4, -0.2) is 9.97 Å². The fourth-order valence-electron chi connectivity index (χ4n) is 8.37. The predicted octanol–water partition coefficient (Wildman–Crippen LogP) is 14.9. The first kappa shape index (κ1) is 30.8. The zero-order chi connectivity index (χ0) is 36.0. The number of benzene rings is 8. The fraction of sp³-hybridized carbons (Fsp3) is 0. The molecule has 0 aliphatic heterocycles. The van der Waals surface area contributed by atoms with Crippen LogP contribution in [0.3, 0.4) is 0 Å². The van der Waals surface area contributed by atoms with Gasteiger partial charge in [-0.3, -0.25) is 0 Å². The number of hydrogen-bond donors (Lipinski definition) is 0. The lowest BCUT2D eigenvalue weighted by Crippen LogP contribution is -1.97. The van der Waals surface area contributed by atoms with Crippen molar-refractivity contribution in [2.24, 2.45) is 0 Å². The van der Waals surface area contributed by atoms with Crippen molar-refractivity contribution in [1.29, 1.82) is 0 Å². The van der Waals surface area contributed by atoms with Crippen LogP contribution in [-0.2, 0) is 0 Å². The lowest BCUT2D eigenvalue weighted by atomic mass is 9.94. The van der Waals surface area contributed by atoms with E-state index in [0.717, 1.165) is 76.6 Å². The average Bonchev–Trinajstić information content (AvgIpc) is 3.76. The molecule has 4 heterocycles. The molecule has 55 heavy (non-hydrogen) atoms. The van der Waals surface area contributed by atoms with Crippen molar-refractivity contribution in [3.05, 3.63) is 170 Å². The van der Waals surface area contributed by atoms with Crippen LogP contribution in [0.5, 0.6) is 0 Å². The van der Waals surface area contributed by atoms with Gasteiger partial charge in [-0.05, 0) is 69.8 Å². The van der Waals surface area contributed by atoms with Gasteiger partial charge in [-0.25, -0.2) is 9.97 Å². The minimum absolute atomic E-state index is 0.700. The summed E-state index contributed by atoms with van der Waals surface area (Å²) in [6.45, 7) is 0. The molecule has 0 aliphatic rings. The normalized spacial score (nSPS) is 12.0. The minimum atomic E-state index is 0.700. The molecule has 0 saturated carbocycles. The van der Waals surface area contributed by atoms with E-state index in [4.69, 9.17) is 14.4 Å². The predicted molar refractivity (Wildman–Crippen MR) is 234 cm³/mol. The number of rotatable bonds is 4. The Morgan fingerprint density at radius 2 is 1.09 bits per heavy atom. The van der Waals surface area contributed by atoms with Crippen molar-refractivity contribution in [3.63, 3.8) is 0 Å². The highest BCUT2D eigenvalue weighted by Gasteiger charge is 2.21. The third kappa shape index (κ3) is 4.74.